The van der Waals surface area contributed by atoms with E-state index in [1.807, 2.05) is 18.2 Å². The van der Waals surface area contributed by atoms with Crippen molar-refractivity contribution >= 4 is 11.7 Å². The fourth-order valence-electron chi connectivity index (χ4n) is 2.39. The lowest BCUT2D eigenvalue weighted by molar-refractivity contribution is -0.127. The quantitative estimate of drug-likeness (QED) is 0.783. The number of rotatable bonds is 3. The van der Waals surface area contributed by atoms with Crippen LogP contribution in [0.3, 0.4) is 0 Å². The van der Waals surface area contributed by atoms with Crippen molar-refractivity contribution in [3.8, 4) is 0 Å². The smallest absolute Gasteiger partial charge is 0.223 e. The van der Waals surface area contributed by atoms with E-state index in [1.54, 1.807) is 17.0 Å². The molecule has 1 fully saturated rings. The average Bonchev–Trinajstić information content (AvgIpc) is 2.72. The molecule has 0 bridgehead atoms. The van der Waals surface area contributed by atoms with Crippen LogP contribution in [-0.4, -0.2) is 29.7 Å². The van der Waals surface area contributed by atoms with Crippen molar-refractivity contribution in [2.24, 2.45) is 11.3 Å². The van der Waals surface area contributed by atoms with E-state index >= 15 is 0 Å². The third-order valence-corrected chi connectivity index (χ3v) is 3.87. The van der Waals surface area contributed by atoms with Gasteiger partial charge in [0.05, 0.1) is 6.54 Å². The molecular formula is C16H21NO2. The van der Waals surface area contributed by atoms with Crippen LogP contribution in [0.1, 0.15) is 37.6 Å². The van der Waals surface area contributed by atoms with Crippen LogP contribution in [0, 0.1) is 11.3 Å². The second kappa shape index (κ2) is 5.16. The molecule has 0 N–H and O–H groups in total. The van der Waals surface area contributed by atoms with E-state index in [-0.39, 0.29) is 23.7 Å². The van der Waals surface area contributed by atoms with Crippen molar-refractivity contribution in [2.75, 3.05) is 13.1 Å². The Labute approximate surface area is 114 Å². The molecule has 1 aromatic carbocycles. The first kappa shape index (κ1) is 13.8. The van der Waals surface area contributed by atoms with Gasteiger partial charge < -0.3 is 4.90 Å². The number of benzene rings is 1. The van der Waals surface area contributed by atoms with Crippen LogP contribution in [0.2, 0.25) is 0 Å². The van der Waals surface area contributed by atoms with Gasteiger partial charge in [0, 0.05) is 18.5 Å². The van der Waals surface area contributed by atoms with Gasteiger partial charge in [-0.15, -0.1) is 0 Å². The zero-order valence-electron chi connectivity index (χ0n) is 11.8. The minimum absolute atomic E-state index is 0.0171. The summed E-state index contributed by atoms with van der Waals surface area (Å²) in [5.41, 5.74) is 0.787. The molecule has 0 spiro atoms. The lowest BCUT2D eigenvalue weighted by Crippen LogP contribution is -2.32. The summed E-state index contributed by atoms with van der Waals surface area (Å²) >= 11 is 0. The second-order valence-electron chi connectivity index (χ2n) is 6.33. The molecule has 1 aromatic rings. The first-order chi connectivity index (χ1) is 8.88. The molecule has 3 heteroatoms. The van der Waals surface area contributed by atoms with E-state index in [0.717, 1.165) is 0 Å². The molecule has 0 saturated carbocycles. The molecule has 1 atom stereocenters. The Balaban J connectivity index is 2.01. The second-order valence-corrected chi connectivity index (χ2v) is 6.33. The number of hydrogen-bond donors (Lipinski definition) is 0. The first-order valence-corrected chi connectivity index (χ1v) is 6.74. The van der Waals surface area contributed by atoms with Gasteiger partial charge in [-0.05, 0) is 11.3 Å². The van der Waals surface area contributed by atoms with Gasteiger partial charge >= 0.3 is 0 Å². The highest BCUT2D eigenvalue weighted by Crippen LogP contribution is 2.34. The molecule has 1 saturated heterocycles. The van der Waals surface area contributed by atoms with Crippen LogP contribution < -0.4 is 0 Å². The van der Waals surface area contributed by atoms with Gasteiger partial charge in [0.1, 0.15) is 0 Å². The molecule has 1 amide bonds. The highest BCUT2D eigenvalue weighted by atomic mass is 16.2. The number of carbonyl (C=O) groups excluding carboxylic acids is 2. The molecular weight excluding hydrogens is 238 g/mol. The minimum atomic E-state index is 0.0171. The van der Waals surface area contributed by atoms with Gasteiger partial charge in [-0.25, -0.2) is 0 Å². The van der Waals surface area contributed by atoms with Gasteiger partial charge in [-0.3, -0.25) is 9.59 Å². The molecule has 2 rings (SSSR count). The van der Waals surface area contributed by atoms with Crippen LogP contribution in [0.15, 0.2) is 30.3 Å². The normalized spacial score (nSPS) is 19.8. The summed E-state index contributed by atoms with van der Waals surface area (Å²) in [6.07, 6.45) is 0.561. The molecule has 0 aromatic heterocycles. The number of carbonyl (C=O) groups is 2. The van der Waals surface area contributed by atoms with E-state index in [9.17, 15) is 9.59 Å². The number of Topliss-reactive ketones (excluding diaryl/α,β-unsaturated/α-hetero) is 1. The van der Waals surface area contributed by atoms with Crippen molar-refractivity contribution in [1.29, 1.82) is 0 Å². The molecule has 19 heavy (non-hydrogen) atoms. The summed E-state index contributed by atoms with van der Waals surface area (Å²) in [7, 11) is 0. The fourth-order valence-corrected chi connectivity index (χ4v) is 2.39. The van der Waals surface area contributed by atoms with E-state index in [0.29, 0.717) is 24.4 Å². The standard InChI is InChI=1S/C16H21NO2/c1-16(2,3)13-9-15(19)17(10-13)11-14(18)12-7-5-4-6-8-12/h4-8,13H,9-11H2,1-3H3. The Hall–Kier alpha value is -1.64. The van der Waals surface area contributed by atoms with Crippen LogP contribution in [0.5, 0.6) is 0 Å². The largest absolute Gasteiger partial charge is 0.335 e. The van der Waals surface area contributed by atoms with E-state index < -0.39 is 0 Å². The monoisotopic (exact) mass is 259 g/mol. The lowest BCUT2D eigenvalue weighted by Gasteiger charge is -2.26. The van der Waals surface area contributed by atoms with Crippen molar-refractivity contribution in [3.63, 3.8) is 0 Å². The Kier molecular flexibility index (Phi) is 3.74. The molecule has 102 valence electrons. The lowest BCUT2D eigenvalue weighted by atomic mass is 9.80. The Morgan fingerprint density at radius 2 is 1.89 bits per heavy atom. The highest BCUT2D eigenvalue weighted by Gasteiger charge is 2.37. The minimum Gasteiger partial charge on any atom is -0.335 e. The van der Waals surface area contributed by atoms with Crippen LogP contribution >= 0.6 is 0 Å². The van der Waals surface area contributed by atoms with E-state index in [4.69, 9.17) is 0 Å². The van der Waals surface area contributed by atoms with Crippen molar-refractivity contribution in [2.45, 2.75) is 27.2 Å². The first-order valence-electron chi connectivity index (χ1n) is 6.74. The van der Waals surface area contributed by atoms with Gasteiger partial charge in [0.15, 0.2) is 5.78 Å². The van der Waals surface area contributed by atoms with E-state index in [2.05, 4.69) is 20.8 Å². The topological polar surface area (TPSA) is 37.4 Å². The van der Waals surface area contributed by atoms with Crippen molar-refractivity contribution in [3.05, 3.63) is 35.9 Å². The van der Waals surface area contributed by atoms with Gasteiger partial charge in [0.25, 0.3) is 0 Å². The SMILES string of the molecule is CC(C)(C)C1CC(=O)N(CC(=O)c2ccccc2)C1. The molecule has 1 aliphatic rings. The Morgan fingerprint density at radius 1 is 1.26 bits per heavy atom. The molecule has 0 radical (unpaired) electrons. The summed E-state index contributed by atoms with van der Waals surface area (Å²) in [5, 5.41) is 0. The summed E-state index contributed by atoms with van der Waals surface area (Å²) in [6, 6.07) is 9.16. The number of ketones is 1. The molecule has 1 unspecified atom stereocenters. The maximum absolute atomic E-state index is 12.1. The van der Waals surface area contributed by atoms with Crippen LogP contribution in [-0.2, 0) is 4.79 Å². The third-order valence-electron chi connectivity index (χ3n) is 3.87. The van der Waals surface area contributed by atoms with Gasteiger partial charge in [0.2, 0.25) is 5.91 Å². The summed E-state index contributed by atoms with van der Waals surface area (Å²) in [6.45, 7) is 7.34. The zero-order chi connectivity index (χ0) is 14.0. The summed E-state index contributed by atoms with van der Waals surface area (Å²) in [5.74, 6) is 0.455. The van der Waals surface area contributed by atoms with Crippen molar-refractivity contribution in [1.82, 2.24) is 4.90 Å². The predicted molar refractivity (Wildman–Crippen MR) is 74.9 cm³/mol. The molecule has 0 aliphatic carbocycles. The number of nitrogens with zero attached hydrogens (tertiary/aromatic N) is 1. The maximum atomic E-state index is 12.1. The van der Waals surface area contributed by atoms with Crippen molar-refractivity contribution < 1.29 is 9.59 Å². The summed E-state index contributed by atoms with van der Waals surface area (Å²) < 4.78 is 0. The van der Waals surface area contributed by atoms with Crippen LogP contribution in [0.4, 0.5) is 0 Å². The van der Waals surface area contributed by atoms with Crippen LogP contribution in [0.25, 0.3) is 0 Å². The van der Waals surface area contributed by atoms with Gasteiger partial charge in [-0.2, -0.15) is 0 Å². The average molecular weight is 259 g/mol. The maximum Gasteiger partial charge on any atom is 0.223 e. The highest BCUT2D eigenvalue weighted by molar-refractivity contribution is 5.99. The predicted octanol–water partition coefficient (Wildman–Crippen LogP) is 2.76. The Bertz CT molecular complexity index is 473. The number of hydrogen-bond acceptors (Lipinski definition) is 2. The fraction of sp³-hybridized carbons (Fsp3) is 0.500. The van der Waals surface area contributed by atoms with E-state index in [1.165, 1.54) is 0 Å². The van der Waals surface area contributed by atoms with Gasteiger partial charge in [-0.1, -0.05) is 51.1 Å². The molecule has 1 aliphatic heterocycles. The molecule has 3 nitrogen and oxygen atoms in total. The summed E-state index contributed by atoms with van der Waals surface area (Å²) in [4.78, 5) is 25.8. The Morgan fingerprint density at radius 3 is 2.42 bits per heavy atom. The number of likely N-dealkylation sites (tertiary alicyclic amines) is 1. The number of amides is 1. The zero-order valence-corrected chi connectivity index (χ0v) is 11.8. The third kappa shape index (κ3) is 3.22. The molecule has 1 heterocycles.